The molecule has 5 rings (SSSR count). The fourth-order valence-electron chi connectivity index (χ4n) is 4.50. The molecule has 3 heterocycles. The molecule has 0 aliphatic carbocycles. The zero-order valence-corrected chi connectivity index (χ0v) is 19.7. The summed E-state index contributed by atoms with van der Waals surface area (Å²) in [6, 6.07) is 26.2. The first-order chi connectivity index (χ1) is 17.2. The van der Waals surface area contributed by atoms with E-state index in [1.807, 2.05) is 54.6 Å². The summed E-state index contributed by atoms with van der Waals surface area (Å²) in [5, 5.41) is 3.21. The standard InChI is InChI=1S/C29H28N4O2/c1-35-27-13-12-23(17-30-27)26-16-24(18-31-28(26)22-10-6-3-7-11-22)29(34)32-25-14-15-33(20-25)19-21-8-4-2-5-9-21/h2-13,16-18,25H,14-15,19-20H2,1H3,(H,32,34)/t25-/m0/s1. The summed E-state index contributed by atoms with van der Waals surface area (Å²) >= 11 is 0. The molecule has 0 bridgehead atoms. The van der Waals surface area contributed by atoms with Gasteiger partial charge in [-0.3, -0.25) is 14.7 Å². The van der Waals surface area contributed by atoms with Gasteiger partial charge in [0.05, 0.1) is 18.4 Å². The Labute approximate surface area is 205 Å². The minimum atomic E-state index is -0.105. The van der Waals surface area contributed by atoms with Crippen molar-refractivity contribution in [2.75, 3.05) is 20.2 Å². The first kappa shape index (κ1) is 22.7. The number of nitrogens with zero attached hydrogens (tertiary/aromatic N) is 3. The highest BCUT2D eigenvalue weighted by Crippen LogP contribution is 2.31. The third kappa shape index (κ3) is 5.39. The van der Waals surface area contributed by atoms with Crippen molar-refractivity contribution in [3.05, 3.63) is 102 Å². The number of hydrogen-bond donors (Lipinski definition) is 1. The molecule has 35 heavy (non-hydrogen) atoms. The average molecular weight is 465 g/mol. The summed E-state index contributed by atoms with van der Waals surface area (Å²) in [6.45, 7) is 2.70. The Morgan fingerprint density at radius 2 is 1.74 bits per heavy atom. The molecule has 1 aliphatic heterocycles. The number of rotatable bonds is 7. The maximum Gasteiger partial charge on any atom is 0.253 e. The molecule has 0 unspecified atom stereocenters. The Bertz CT molecular complexity index is 1280. The van der Waals surface area contributed by atoms with Crippen LogP contribution in [0, 0.1) is 0 Å². The molecule has 0 spiro atoms. The van der Waals surface area contributed by atoms with Crippen LogP contribution in [0.3, 0.4) is 0 Å². The van der Waals surface area contributed by atoms with Crippen molar-refractivity contribution in [2.45, 2.75) is 19.0 Å². The molecule has 2 aromatic heterocycles. The lowest BCUT2D eigenvalue weighted by molar-refractivity contribution is 0.0937. The zero-order chi connectivity index (χ0) is 24.0. The van der Waals surface area contributed by atoms with Crippen molar-refractivity contribution < 1.29 is 9.53 Å². The van der Waals surface area contributed by atoms with Crippen LogP contribution in [0.5, 0.6) is 5.88 Å². The van der Waals surface area contributed by atoms with Crippen LogP contribution in [0.15, 0.2) is 91.3 Å². The van der Waals surface area contributed by atoms with Crippen molar-refractivity contribution in [3.63, 3.8) is 0 Å². The van der Waals surface area contributed by atoms with E-state index in [0.717, 1.165) is 48.4 Å². The van der Waals surface area contributed by atoms with Crippen LogP contribution in [0.4, 0.5) is 0 Å². The van der Waals surface area contributed by atoms with Crippen molar-refractivity contribution in [2.24, 2.45) is 0 Å². The summed E-state index contributed by atoms with van der Waals surface area (Å²) in [5.41, 5.74) is 5.36. The Kier molecular flexibility index (Phi) is 6.82. The van der Waals surface area contributed by atoms with Gasteiger partial charge >= 0.3 is 0 Å². The second kappa shape index (κ2) is 10.5. The maximum absolute atomic E-state index is 13.2. The molecule has 4 aromatic rings. The fraction of sp³-hybridized carbons (Fsp3) is 0.207. The number of hydrogen-bond acceptors (Lipinski definition) is 5. The predicted molar refractivity (Wildman–Crippen MR) is 137 cm³/mol. The minimum Gasteiger partial charge on any atom is -0.481 e. The van der Waals surface area contributed by atoms with E-state index in [1.165, 1.54) is 5.56 Å². The van der Waals surface area contributed by atoms with Gasteiger partial charge in [0.25, 0.3) is 5.91 Å². The second-order valence-electron chi connectivity index (χ2n) is 8.76. The molecular weight excluding hydrogens is 436 g/mol. The van der Waals surface area contributed by atoms with E-state index in [1.54, 1.807) is 19.5 Å². The molecule has 2 aromatic carbocycles. The summed E-state index contributed by atoms with van der Waals surface area (Å²) in [5.74, 6) is 0.435. The van der Waals surface area contributed by atoms with Crippen molar-refractivity contribution in [1.82, 2.24) is 20.2 Å². The quantitative estimate of drug-likeness (QED) is 0.425. The molecule has 176 valence electrons. The Balaban J connectivity index is 1.35. The van der Waals surface area contributed by atoms with Gasteiger partial charge in [-0.25, -0.2) is 4.98 Å². The molecule has 0 saturated carbocycles. The molecular formula is C29H28N4O2. The van der Waals surface area contributed by atoms with Gasteiger partial charge in [-0.1, -0.05) is 60.7 Å². The van der Waals surface area contributed by atoms with Gasteiger partial charge in [0.1, 0.15) is 0 Å². The van der Waals surface area contributed by atoms with E-state index in [4.69, 9.17) is 9.72 Å². The summed E-state index contributed by atoms with van der Waals surface area (Å²) < 4.78 is 5.21. The number of methoxy groups -OCH3 is 1. The van der Waals surface area contributed by atoms with Crippen molar-refractivity contribution in [3.8, 4) is 28.3 Å². The van der Waals surface area contributed by atoms with Crippen LogP contribution in [0.2, 0.25) is 0 Å². The van der Waals surface area contributed by atoms with E-state index < -0.39 is 0 Å². The van der Waals surface area contributed by atoms with Crippen LogP contribution in [0.25, 0.3) is 22.4 Å². The number of likely N-dealkylation sites (tertiary alicyclic amines) is 1. The number of nitrogens with one attached hydrogen (secondary N) is 1. The molecule has 1 aliphatic rings. The topological polar surface area (TPSA) is 67.3 Å². The van der Waals surface area contributed by atoms with Crippen LogP contribution in [-0.4, -0.2) is 47.0 Å². The van der Waals surface area contributed by atoms with Gasteiger partial charge < -0.3 is 10.1 Å². The van der Waals surface area contributed by atoms with Crippen LogP contribution in [0.1, 0.15) is 22.3 Å². The maximum atomic E-state index is 13.2. The first-order valence-corrected chi connectivity index (χ1v) is 11.8. The van der Waals surface area contributed by atoms with Gasteiger partial charge in [-0.2, -0.15) is 0 Å². The van der Waals surface area contributed by atoms with E-state index in [9.17, 15) is 4.79 Å². The number of ether oxygens (including phenoxy) is 1. The normalized spacial score (nSPS) is 15.6. The van der Waals surface area contributed by atoms with Gasteiger partial charge in [0, 0.05) is 60.8 Å². The predicted octanol–water partition coefficient (Wildman–Crippen LogP) is 4.82. The Hall–Kier alpha value is -4.03. The van der Waals surface area contributed by atoms with E-state index >= 15 is 0 Å². The van der Waals surface area contributed by atoms with Crippen LogP contribution >= 0.6 is 0 Å². The summed E-state index contributed by atoms with van der Waals surface area (Å²) in [7, 11) is 1.59. The van der Waals surface area contributed by atoms with E-state index in [0.29, 0.717) is 11.4 Å². The largest absolute Gasteiger partial charge is 0.481 e. The molecule has 6 nitrogen and oxygen atoms in total. The highest BCUT2D eigenvalue weighted by Gasteiger charge is 2.25. The lowest BCUT2D eigenvalue weighted by atomic mass is 9.98. The molecule has 6 heteroatoms. The molecule has 1 fully saturated rings. The summed E-state index contributed by atoms with van der Waals surface area (Å²) in [4.78, 5) is 24.6. The third-order valence-electron chi connectivity index (χ3n) is 6.31. The van der Waals surface area contributed by atoms with Crippen LogP contribution < -0.4 is 10.1 Å². The van der Waals surface area contributed by atoms with E-state index in [2.05, 4.69) is 39.5 Å². The highest BCUT2D eigenvalue weighted by atomic mass is 16.5. The SMILES string of the molecule is COc1ccc(-c2cc(C(=O)N[C@H]3CCN(Cc4ccccc4)C3)cnc2-c2ccccc2)cn1. The summed E-state index contributed by atoms with van der Waals surface area (Å²) in [6.07, 6.45) is 4.35. The highest BCUT2D eigenvalue weighted by molar-refractivity contribution is 5.96. The van der Waals surface area contributed by atoms with Crippen molar-refractivity contribution in [1.29, 1.82) is 0 Å². The third-order valence-corrected chi connectivity index (χ3v) is 6.31. The number of aromatic nitrogens is 2. The van der Waals surface area contributed by atoms with Gasteiger partial charge in [-0.05, 0) is 24.1 Å². The van der Waals surface area contributed by atoms with Gasteiger partial charge in [0.2, 0.25) is 5.88 Å². The Morgan fingerprint density at radius 1 is 0.971 bits per heavy atom. The molecule has 1 atom stereocenters. The average Bonchev–Trinajstić information content (AvgIpc) is 3.36. The number of benzene rings is 2. The monoisotopic (exact) mass is 464 g/mol. The van der Waals surface area contributed by atoms with Crippen molar-refractivity contribution >= 4 is 5.91 Å². The second-order valence-corrected chi connectivity index (χ2v) is 8.76. The molecule has 1 saturated heterocycles. The van der Waals surface area contributed by atoms with Crippen LogP contribution in [-0.2, 0) is 6.54 Å². The number of carbonyl (C=O) groups is 1. The minimum absolute atomic E-state index is 0.105. The van der Waals surface area contributed by atoms with Gasteiger partial charge in [0.15, 0.2) is 0 Å². The number of carbonyl (C=O) groups excluding carboxylic acids is 1. The first-order valence-electron chi connectivity index (χ1n) is 11.8. The lowest BCUT2D eigenvalue weighted by Gasteiger charge is -2.17. The number of pyridine rings is 2. The molecule has 1 N–H and O–H groups in total. The number of amides is 1. The zero-order valence-electron chi connectivity index (χ0n) is 19.7. The van der Waals surface area contributed by atoms with E-state index in [-0.39, 0.29) is 11.9 Å². The molecule has 1 amide bonds. The lowest BCUT2D eigenvalue weighted by Crippen LogP contribution is -2.37. The fourth-order valence-corrected chi connectivity index (χ4v) is 4.50. The molecule has 0 radical (unpaired) electrons. The smallest absolute Gasteiger partial charge is 0.253 e. The van der Waals surface area contributed by atoms with Gasteiger partial charge in [-0.15, -0.1) is 0 Å². The Morgan fingerprint density at radius 3 is 2.46 bits per heavy atom.